The van der Waals surface area contributed by atoms with Crippen molar-refractivity contribution in [3.05, 3.63) is 29.2 Å². The van der Waals surface area contributed by atoms with Crippen molar-refractivity contribution in [3.63, 3.8) is 0 Å². The lowest BCUT2D eigenvalue weighted by Gasteiger charge is -2.20. The number of aromatic nitrogens is 1. The standard InChI is InChI=1S/C13H18N2O2S.C2HF3O2/c1-2-4-17-12-6-15(7-13-14-3-5-18-13)11-9-16-8-10(11)12;3-2(4,5)1(6)7/h2-3,5,10-12H,1,4,6-9H2;(H,6,7)/t10-,11+,12-;/m0./s1. The van der Waals surface area contributed by atoms with Gasteiger partial charge in [0.1, 0.15) is 5.01 Å². The largest absolute Gasteiger partial charge is 0.490 e. The third-order valence-electron chi connectivity index (χ3n) is 3.95. The lowest BCUT2D eigenvalue weighted by Crippen LogP contribution is -2.32. The van der Waals surface area contributed by atoms with Crippen molar-refractivity contribution in [1.29, 1.82) is 0 Å². The number of alkyl halides is 3. The Morgan fingerprint density at radius 2 is 2.28 bits per heavy atom. The third kappa shape index (κ3) is 5.50. The molecule has 0 unspecified atom stereocenters. The molecule has 1 aromatic rings. The van der Waals surface area contributed by atoms with Gasteiger partial charge in [0.2, 0.25) is 0 Å². The number of hydrogen-bond acceptors (Lipinski definition) is 6. The minimum Gasteiger partial charge on any atom is -0.475 e. The van der Waals surface area contributed by atoms with Crippen LogP contribution in [-0.2, 0) is 20.8 Å². The zero-order valence-corrected chi connectivity index (χ0v) is 14.1. The molecule has 2 aliphatic heterocycles. The maximum atomic E-state index is 10.6. The van der Waals surface area contributed by atoms with Crippen LogP contribution in [0.3, 0.4) is 0 Å². The number of fused-ring (bicyclic) bond motifs is 1. The summed E-state index contributed by atoms with van der Waals surface area (Å²) in [5.41, 5.74) is 0. The van der Waals surface area contributed by atoms with E-state index in [1.165, 1.54) is 5.01 Å². The summed E-state index contributed by atoms with van der Waals surface area (Å²) in [5, 5.41) is 10.3. The number of thiazole rings is 1. The molecule has 3 atom stereocenters. The molecule has 0 aromatic carbocycles. The zero-order valence-electron chi connectivity index (χ0n) is 13.3. The molecule has 25 heavy (non-hydrogen) atoms. The molecule has 140 valence electrons. The zero-order chi connectivity index (χ0) is 18.4. The second-order valence-corrected chi connectivity index (χ2v) is 6.57. The Morgan fingerprint density at radius 3 is 2.84 bits per heavy atom. The Hall–Kier alpha value is -1.49. The van der Waals surface area contributed by atoms with Gasteiger partial charge in [0.15, 0.2) is 0 Å². The molecule has 0 radical (unpaired) electrons. The monoisotopic (exact) mass is 380 g/mol. The summed E-state index contributed by atoms with van der Waals surface area (Å²) in [6.07, 6.45) is -1.13. The molecule has 2 aliphatic rings. The second-order valence-electron chi connectivity index (χ2n) is 5.59. The predicted octanol–water partition coefficient (Wildman–Crippen LogP) is 2.18. The van der Waals surface area contributed by atoms with E-state index in [4.69, 9.17) is 19.4 Å². The van der Waals surface area contributed by atoms with Crippen LogP contribution >= 0.6 is 11.3 Å². The van der Waals surface area contributed by atoms with Crippen LogP contribution < -0.4 is 0 Å². The number of likely N-dealkylation sites (tertiary alicyclic amines) is 1. The summed E-state index contributed by atoms with van der Waals surface area (Å²) in [6.45, 7) is 7.87. The van der Waals surface area contributed by atoms with E-state index in [9.17, 15) is 13.2 Å². The highest BCUT2D eigenvalue weighted by Gasteiger charge is 2.45. The molecule has 2 saturated heterocycles. The van der Waals surface area contributed by atoms with E-state index in [2.05, 4.69) is 16.5 Å². The van der Waals surface area contributed by atoms with E-state index in [1.807, 2.05) is 17.7 Å². The topological polar surface area (TPSA) is 71.9 Å². The van der Waals surface area contributed by atoms with E-state index >= 15 is 0 Å². The van der Waals surface area contributed by atoms with E-state index in [0.29, 0.717) is 18.6 Å². The summed E-state index contributed by atoms with van der Waals surface area (Å²) in [7, 11) is 0. The minimum atomic E-state index is -5.08. The lowest BCUT2D eigenvalue weighted by atomic mass is 10.0. The molecule has 1 aromatic heterocycles. The van der Waals surface area contributed by atoms with E-state index < -0.39 is 12.1 Å². The molecule has 0 saturated carbocycles. The molecule has 1 N–H and O–H groups in total. The number of aliphatic carboxylic acids is 1. The van der Waals surface area contributed by atoms with Gasteiger partial charge in [-0.2, -0.15) is 13.2 Å². The van der Waals surface area contributed by atoms with Gasteiger partial charge in [-0.05, 0) is 0 Å². The fraction of sp³-hybridized carbons (Fsp3) is 0.600. The van der Waals surface area contributed by atoms with Gasteiger partial charge in [0, 0.05) is 30.1 Å². The molecular formula is C15H19F3N2O4S. The summed E-state index contributed by atoms with van der Waals surface area (Å²) in [4.78, 5) is 15.7. The van der Waals surface area contributed by atoms with Gasteiger partial charge in [-0.25, -0.2) is 9.78 Å². The minimum absolute atomic E-state index is 0.274. The smallest absolute Gasteiger partial charge is 0.475 e. The van der Waals surface area contributed by atoms with E-state index in [1.54, 1.807) is 11.3 Å². The van der Waals surface area contributed by atoms with Gasteiger partial charge in [-0.3, -0.25) is 4.90 Å². The number of nitrogens with zero attached hydrogens (tertiary/aromatic N) is 2. The highest BCUT2D eigenvalue weighted by molar-refractivity contribution is 7.09. The first kappa shape index (κ1) is 19.8. The summed E-state index contributed by atoms with van der Waals surface area (Å²) >= 11 is 1.71. The van der Waals surface area contributed by atoms with Crippen LogP contribution in [0.2, 0.25) is 0 Å². The van der Waals surface area contributed by atoms with Crippen LogP contribution in [0, 0.1) is 5.92 Å². The fourth-order valence-corrected chi connectivity index (χ4v) is 3.49. The lowest BCUT2D eigenvalue weighted by molar-refractivity contribution is -0.192. The normalized spacial score (nSPS) is 26.0. The van der Waals surface area contributed by atoms with Gasteiger partial charge in [-0.15, -0.1) is 17.9 Å². The average molecular weight is 380 g/mol. The molecule has 0 amide bonds. The van der Waals surface area contributed by atoms with E-state index in [0.717, 1.165) is 26.3 Å². The molecule has 3 heterocycles. The number of hydrogen-bond donors (Lipinski definition) is 1. The number of rotatable bonds is 5. The number of halogens is 3. The van der Waals surface area contributed by atoms with Crippen LogP contribution in [0.5, 0.6) is 0 Å². The molecule has 0 bridgehead atoms. The first-order valence-corrected chi connectivity index (χ1v) is 8.43. The van der Waals surface area contributed by atoms with Crippen molar-refractivity contribution in [3.8, 4) is 0 Å². The molecule has 10 heteroatoms. The molecule has 3 rings (SSSR count). The second kappa shape index (κ2) is 8.75. The Kier molecular flexibility index (Phi) is 6.94. The predicted molar refractivity (Wildman–Crippen MR) is 84.2 cm³/mol. The quantitative estimate of drug-likeness (QED) is 0.790. The Bertz CT molecular complexity index is 568. The van der Waals surface area contributed by atoms with Crippen molar-refractivity contribution in [2.45, 2.75) is 24.9 Å². The number of carboxylic acids is 1. The molecular weight excluding hydrogens is 361 g/mol. The van der Waals surface area contributed by atoms with Crippen molar-refractivity contribution < 1.29 is 32.5 Å². The van der Waals surface area contributed by atoms with Gasteiger partial charge >= 0.3 is 12.1 Å². The average Bonchev–Trinajstić information content (AvgIpc) is 3.24. The highest BCUT2D eigenvalue weighted by Crippen LogP contribution is 2.33. The summed E-state index contributed by atoms with van der Waals surface area (Å²) in [6, 6.07) is 0.490. The SMILES string of the molecule is C=CCO[C@H]1CN(Cc2nccs2)[C@@H]2COC[C@H]12.O=C(O)C(F)(F)F. The highest BCUT2D eigenvalue weighted by atomic mass is 32.1. The first-order chi connectivity index (χ1) is 11.8. The fourth-order valence-electron chi connectivity index (χ4n) is 2.85. The molecule has 6 nitrogen and oxygen atoms in total. The first-order valence-electron chi connectivity index (χ1n) is 7.55. The number of carboxylic acid groups (broad SMARTS) is 1. The molecule has 2 fully saturated rings. The van der Waals surface area contributed by atoms with Crippen LogP contribution in [0.1, 0.15) is 5.01 Å². The van der Waals surface area contributed by atoms with Crippen molar-refractivity contribution in [1.82, 2.24) is 9.88 Å². The van der Waals surface area contributed by atoms with Crippen molar-refractivity contribution in [2.24, 2.45) is 5.92 Å². The maximum absolute atomic E-state index is 10.6. The molecule has 0 aliphatic carbocycles. The Balaban J connectivity index is 0.000000277. The van der Waals surface area contributed by atoms with E-state index in [-0.39, 0.29) is 6.10 Å². The Labute approximate surface area is 146 Å². The van der Waals surface area contributed by atoms with Gasteiger partial charge in [0.05, 0.1) is 32.5 Å². The maximum Gasteiger partial charge on any atom is 0.490 e. The van der Waals surface area contributed by atoms with Crippen LogP contribution in [0.15, 0.2) is 24.2 Å². The van der Waals surface area contributed by atoms with Gasteiger partial charge in [0.25, 0.3) is 0 Å². The third-order valence-corrected chi connectivity index (χ3v) is 4.71. The van der Waals surface area contributed by atoms with Gasteiger partial charge < -0.3 is 14.6 Å². The van der Waals surface area contributed by atoms with Crippen LogP contribution in [-0.4, -0.2) is 65.6 Å². The van der Waals surface area contributed by atoms with Crippen LogP contribution in [0.4, 0.5) is 13.2 Å². The summed E-state index contributed by atoms with van der Waals surface area (Å²) < 4.78 is 43.2. The van der Waals surface area contributed by atoms with Crippen molar-refractivity contribution in [2.75, 3.05) is 26.4 Å². The van der Waals surface area contributed by atoms with Crippen LogP contribution in [0.25, 0.3) is 0 Å². The summed E-state index contributed by atoms with van der Waals surface area (Å²) in [5.74, 6) is -2.25. The molecule has 0 spiro atoms. The van der Waals surface area contributed by atoms with Gasteiger partial charge in [-0.1, -0.05) is 6.08 Å². The van der Waals surface area contributed by atoms with Crippen molar-refractivity contribution >= 4 is 17.3 Å². The number of ether oxygens (including phenoxy) is 2. The Morgan fingerprint density at radius 1 is 1.56 bits per heavy atom. The number of carbonyl (C=O) groups is 1.